The summed E-state index contributed by atoms with van der Waals surface area (Å²) in [5, 5.41) is 0. The number of rotatable bonds is 12. The maximum atomic E-state index is 16.2. The van der Waals surface area contributed by atoms with Gasteiger partial charge in [-0.15, -0.1) is 0 Å². The van der Waals surface area contributed by atoms with Crippen LogP contribution in [0.15, 0.2) is 0 Å². The first-order valence-corrected chi connectivity index (χ1v) is 40.2. The fourth-order valence-electron chi connectivity index (χ4n) is 7.46. The Morgan fingerprint density at radius 1 is 0.341 bits per heavy atom. The van der Waals surface area contributed by atoms with Gasteiger partial charge in [0.15, 0.2) is 0 Å². The Kier molecular flexibility index (Phi) is 15.0. The molecule has 0 aromatic rings. The van der Waals surface area contributed by atoms with Crippen molar-refractivity contribution < 1.29 is 18.1 Å². The first-order valence-electron chi connectivity index (χ1n) is 14.3. The van der Waals surface area contributed by atoms with Gasteiger partial charge >= 0.3 is 7.82 Å². The Bertz CT molecular complexity index is 829. The van der Waals surface area contributed by atoms with Crippen molar-refractivity contribution in [3.05, 3.63) is 0 Å². The molecule has 0 aromatic heterocycles. The molecule has 0 aromatic carbocycles. The summed E-state index contributed by atoms with van der Waals surface area (Å²) in [6.45, 7) is 35.9. The van der Waals surface area contributed by atoms with E-state index in [2.05, 4.69) is 0 Å². The van der Waals surface area contributed by atoms with Crippen LogP contribution in [0, 0.1) is 0 Å². The first-order chi connectivity index (χ1) is 18.4. The first kappa shape index (κ1) is 48.0. The third kappa shape index (κ3) is 8.79. The normalized spacial score (nSPS) is 16.9. The molecule has 0 saturated carbocycles. The van der Waals surface area contributed by atoms with E-state index in [0.29, 0.717) is 0 Å². The molecule has 0 N–H and O–H groups in total. The molecule has 0 atom stereocenters. The lowest BCUT2D eigenvalue weighted by atomic mass is 10.8. The van der Waals surface area contributed by atoms with E-state index < -0.39 is 82.2 Å². The molecule has 4 nitrogen and oxygen atoms in total. The summed E-state index contributed by atoms with van der Waals surface area (Å²) < 4.78 is 31.0. The van der Waals surface area contributed by atoms with Crippen LogP contribution >= 0.6 is 112 Å². The molecule has 44 heavy (non-hydrogen) atoms. The Balaban J connectivity index is 8.81. The second-order valence-electron chi connectivity index (χ2n) is 17.8. The van der Waals surface area contributed by atoms with Gasteiger partial charge in [0, 0.05) is 0 Å². The number of alkyl halides is 9. The fraction of sp³-hybridized carbons (Fsp3) is 1.00. The molecule has 266 valence electrons. The summed E-state index contributed by atoms with van der Waals surface area (Å²) >= 11 is 62.4. The van der Waals surface area contributed by atoms with E-state index in [1.165, 1.54) is 0 Å². The van der Waals surface area contributed by atoms with Crippen molar-refractivity contribution in [3.8, 4) is 0 Å². The monoisotopic (exact) mass is 920 g/mol. The highest BCUT2D eigenvalue weighted by Gasteiger charge is 2.75. The molecule has 0 bridgehead atoms. The molecule has 0 amide bonds. The largest absolute Gasteiger partial charge is 0.475 e. The summed E-state index contributed by atoms with van der Waals surface area (Å²) in [6.07, 6.45) is 0. The highest BCUT2D eigenvalue weighted by Crippen LogP contribution is 2.71. The lowest BCUT2D eigenvalue weighted by molar-refractivity contribution is 0.0393. The maximum Gasteiger partial charge on any atom is 0.475 e. The van der Waals surface area contributed by atoms with E-state index in [1.807, 2.05) is 118 Å². The average Bonchev–Trinajstić information content (AvgIpc) is 2.59. The van der Waals surface area contributed by atoms with Gasteiger partial charge in [0.1, 0.15) is 14.5 Å². The highest BCUT2D eigenvalue weighted by molar-refractivity contribution is 7.50. The van der Waals surface area contributed by atoms with E-state index in [0.717, 1.165) is 0 Å². The second-order valence-corrected chi connectivity index (χ2v) is 58.8. The Morgan fingerprint density at radius 2 is 0.455 bits per heavy atom. The van der Waals surface area contributed by atoms with Crippen LogP contribution in [0.4, 0.5) is 0 Å². The van der Waals surface area contributed by atoms with Gasteiger partial charge in [0.05, 0.1) is 48.4 Å². The third-order valence-electron chi connectivity index (χ3n) is 8.28. The zero-order valence-electron chi connectivity index (χ0n) is 29.5. The lowest BCUT2D eigenvalue weighted by Crippen LogP contribution is -2.77. The van der Waals surface area contributed by atoms with E-state index in [-0.39, 0.29) is 0 Å². The molecule has 0 radical (unpaired) electrons. The van der Waals surface area contributed by atoms with Crippen molar-refractivity contribution in [2.24, 2.45) is 0 Å². The van der Waals surface area contributed by atoms with Crippen LogP contribution in [0.25, 0.3) is 0 Å². The molecule has 0 aliphatic heterocycles. The van der Waals surface area contributed by atoms with Gasteiger partial charge < -0.3 is 0 Å². The van der Waals surface area contributed by atoms with Crippen LogP contribution in [0.5, 0.6) is 0 Å². The molecule has 0 rings (SSSR count). The average molecular weight is 925 g/mol. The van der Waals surface area contributed by atoms with Gasteiger partial charge in [-0.05, 0) is 0 Å². The number of hydrogen-bond acceptors (Lipinski definition) is 4. The maximum absolute atomic E-state index is 16.2. The van der Waals surface area contributed by atoms with E-state index in [4.69, 9.17) is 118 Å². The van der Waals surface area contributed by atoms with Crippen LogP contribution in [0.3, 0.4) is 0 Å². The predicted molar refractivity (Wildman–Crippen MR) is 220 cm³/mol. The Morgan fingerprint density at radius 3 is 0.523 bits per heavy atom. The fourth-order valence-corrected chi connectivity index (χ4v) is 65.8. The van der Waals surface area contributed by atoms with E-state index in [1.54, 1.807) is 0 Å². The zero-order chi connectivity index (χ0) is 36.6. The van der Waals surface area contributed by atoms with Crippen molar-refractivity contribution in [2.45, 2.75) is 144 Å². The molecular formula is C24H54Cl9O4PSi6. The van der Waals surface area contributed by atoms with Crippen LogP contribution < -0.4 is 0 Å². The van der Waals surface area contributed by atoms with Crippen molar-refractivity contribution >= 4 is 161 Å². The molecular weight excluding hydrogens is 871 g/mol. The van der Waals surface area contributed by atoms with Gasteiger partial charge in [0.2, 0.25) is 11.4 Å². The van der Waals surface area contributed by atoms with Crippen molar-refractivity contribution in [2.75, 3.05) is 0 Å². The van der Waals surface area contributed by atoms with Gasteiger partial charge in [-0.2, -0.15) is 0 Å². The minimum atomic E-state index is -5.00. The van der Waals surface area contributed by atoms with Crippen LogP contribution in [-0.2, 0) is 18.1 Å². The summed E-state index contributed by atoms with van der Waals surface area (Å²) in [4.78, 5) is -4.66. The van der Waals surface area contributed by atoms with Crippen molar-refractivity contribution in [3.63, 3.8) is 0 Å². The standard InChI is InChI=1S/C24H54Cl9O4PSi6/c1-39(2,3)22(19(25,26)27,40(4,5)6)35-38(34,36-23(20(28,29)30,41(7,8)9)42(10,11)12)37-24(21(31,32)33,43(13,14)15)44(16,17)18/h1-18H3. The molecule has 0 aliphatic carbocycles. The highest BCUT2D eigenvalue weighted by atomic mass is 35.6. The molecule has 0 saturated heterocycles. The molecule has 0 unspecified atom stereocenters. The number of halogens is 9. The van der Waals surface area contributed by atoms with Gasteiger partial charge in [-0.3, -0.25) is 13.6 Å². The minimum Gasteiger partial charge on any atom is -0.283 e. The summed E-state index contributed by atoms with van der Waals surface area (Å²) in [6, 6.07) is 0. The molecule has 0 fully saturated rings. The van der Waals surface area contributed by atoms with Crippen molar-refractivity contribution in [1.29, 1.82) is 0 Å². The van der Waals surface area contributed by atoms with Crippen LogP contribution in [0.2, 0.25) is 118 Å². The molecule has 20 heteroatoms. The third-order valence-corrected chi connectivity index (χ3v) is 45.1. The summed E-state index contributed by atoms with van der Waals surface area (Å²) in [5.41, 5.74) is 0. The number of hydrogen-bond donors (Lipinski definition) is 0. The van der Waals surface area contributed by atoms with Gasteiger partial charge in [-0.1, -0.05) is 222 Å². The molecule has 0 aliphatic rings. The zero-order valence-corrected chi connectivity index (χ0v) is 43.2. The van der Waals surface area contributed by atoms with Crippen molar-refractivity contribution in [1.82, 2.24) is 0 Å². The lowest BCUT2D eigenvalue weighted by Gasteiger charge is -2.61. The van der Waals surface area contributed by atoms with Crippen LogP contribution in [0.1, 0.15) is 0 Å². The smallest absolute Gasteiger partial charge is 0.283 e. The molecule has 0 spiro atoms. The summed E-state index contributed by atoms with van der Waals surface area (Å²) in [7, 11) is -21.7. The Hall–Kier alpha value is 4.02. The van der Waals surface area contributed by atoms with Gasteiger partial charge in [0.25, 0.3) is 0 Å². The number of phosphoric ester groups is 1. The minimum absolute atomic E-state index is 1.55. The number of phosphoric acid groups is 1. The summed E-state index contributed by atoms with van der Waals surface area (Å²) in [5.74, 6) is 0. The van der Waals surface area contributed by atoms with Gasteiger partial charge in [-0.25, -0.2) is 4.57 Å². The predicted octanol–water partition coefficient (Wildman–Crippen LogP) is 13.7. The van der Waals surface area contributed by atoms with Crippen LogP contribution in [-0.4, -0.2) is 74.4 Å². The SMILES string of the molecule is C[Si](C)(C)C(OP(=O)(OC(C(Cl)(Cl)Cl)([Si](C)(C)C)[Si](C)(C)C)OC(C(Cl)(Cl)Cl)([Si](C)(C)C)[Si](C)(C)C)(C(Cl)(Cl)Cl)[Si](C)(C)C. The second kappa shape index (κ2) is 13.8. The van der Waals surface area contributed by atoms with E-state index >= 15 is 4.57 Å². The quantitative estimate of drug-likeness (QED) is 0.111. The topological polar surface area (TPSA) is 44.8 Å². The Labute approximate surface area is 319 Å². The van der Waals surface area contributed by atoms with E-state index in [9.17, 15) is 0 Å². The molecule has 0 heterocycles.